The van der Waals surface area contributed by atoms with E-state index in [0.717, 1.165) is 11.4 Å². The molecule has 0 saturated carbocycles. The number of rotatable bonds is 3. The lowest BCUT2D eigenvalue weighted by Crippen LogP contribution is -1.96. The molecular weight excluding hydrogens is 701 g/mol. The largest absolute Gasteiger partial charge is 0.309 e. The third kappa shape index (κ3) is 4.37. The summed E-state index contributed by atoms with van der Waals surface area (Å²) < 4.78 is 4.96. The van der Waals surface area contributed by atoms with Crippen LogP contribution in [0.25, 0.3) is 120 Å². The summed E-state index contributed by atoms with van der Waals surface area (Å²) in [4.78, 5) is 0. The number of benzene rings is 11. The Morgan fingerprint density at radius 2 is 0.776 bits per heavy atom. The Balaban J connectivity index is 1.11. The molecule has 11 aromatic carbocycles. The van der Waals surface area contributed by atoms with Crippen LogP contribution in [0.5, 0.6) is 0 Å². The van der Waals surface area contributed by atoms with E-state index >= 15 is 0 Å². The van der Waals surface area contributed by atoms with Crippen molar-refractivity contribution in [3.8, 4) is 22.5 Å². The van der Waals surface area contributed by atoms with Crippen molar-refractivity contribution in [2.45, 2.75) is 0 Å². The average Bonchev–Trinajstić information content (AvgIpc) is 3.80. The fraction of sp³-hybridized carbons (Fsp3) is 0. The van der Waals surface area contributed by atoms with Crippen molar-refractivity contribution in [1.29, 1.82) is 0 Å². The van der Waals surface area contributed by atoms with Gasteiger partial charge in [-0.1, -0.05) is 158 Å². The van der Waals surface area contributed by atoms with E-state index in [1.54, 1.807) is 0 Å². The predicted molar refractivity (Wildman–Crippen MR) is 248 cm³/mol. The average molecular weight is 735 g/mol. The molecule has 58 heavy (non-hydrogen) atoms. The first-order valence-electron chi connectivity index (χ1n) is 20.1. The molecule has 0 atom stereocenters. The van der Waals surface area contributed by atoms with Crippen molar-refractivity contribution >= 4 is 97.5 Å². The number of para-hydroxylation sites is 1. The van der Waals surface area contributed by atoms with Gasteiger partial charge < -0.3 is 9.13 Å². The molecule has 0 N–H and O–H groups in total. The highest BCUT2D eigenvalue weighted by Gasteiger charge is 2.21. The summed E-state index contributed by atoms with van der Waals surface area (Å²) >= 11 is 0. The van der Waals surface area contributed by atoms with Crippen LogP contribution < -0.4 is 0 Å². The molecule has 0 amide bonds. The molecule has 0 fully saturated rings. The van der Waals surface area contributed by atoms with Crippen LogP contribution in [0.3, 0.4) is 0 Å². The van der Waals surface area contributed by atoms with Gasteiger partial charge in [-0.25, -0.2) is 0 Å². The maximum atomic E-state index is 2.51. The number of hydrogen-bond acceptors (Lipinski definition) is 0. The third-order valence-electron chi connectivity index (χ3n) is 12.7. The molecule has 268 valence electrons. The van der Waals surface area contributed by atoms with Gasteiger partial charge in [0.25, 0.3) is 0 Å². The standard InChI is InChI=1S/C56H34N2/c1-3-15-40-35(12-1)14-11-22-41(40)37-24-27-38(28-25-37)57-52-23-10-9-21-48(52)50-33-51-55(34-54(50)57)58(53-31-26-36-13-2-4-16-42(36)56(51)53)39-29-30-47-45-19-6-5-17-43(45)44-18-7-8-20-46(44)49(47)32-39/h1-34H. The molecule has 0 radical (unpaired) electrons. The van der Waals surface area contributed by atoms with E-state index in [2.05, 4.69) is 215 Å². The second kappa shape index (κ2) is 11.9. The minimum absolute atomic E-state index is 1.15. The van der Waals surface area contributed by atoms with E-state index in [4.69, 9.17) is 0 Å². The summed E-state index contributed by atoms with van der Waals surface area (Å²) in [6.07, 6.45) is 0. The molecule has 13 rings (SSSR count). The summed E-state index contributed by atoms with van der Waals surface area (Å²) in [7, 11) is 0. The lowest BCUT2D eigenvalue weighted by Gasteiger charge is -2.14. The van der Waals surface area contributed by atoms with E-state index in [1.807, 2.05) is 0 Å². The first-order chi connectivity index (χ1) is 28.8. The number of hydrogen-bond donors (Lipinski definition) is 0. The third-order valence-corrected chi connectivity index (χ3v) is 12.7. The van der Waals surface area contributed by atoms with Crippen LogP contribution in [-0.2, 0) is 0 Å². The summed E-state index contributed by atoms with van der Waals surface area (Å²) in [5, 5.41) is 17.8. The zero-order chi connectivity index (χ0) is 37.9. The van der Waals surface area contributed by atoms with Crippen LogP contribution in [0, 0.1) is 0 Å². The minimum Gasteiger partial charge on any atom is -0.309 e. The van der Waals surface area contributed by atoms with Crippen molar-refractivity contribution in [2.24, 2.45) is 0 Å². The smallest absolute Gasteiger partial charge is 0.0562 e. The SMILES string of the molecule is c1ccc2c(-c3ccc(-n4c5ccccc5c5cc6c7c8ccccc8ccc7n(-c7ccc8c9ccccc9c9ccccc9c8c7)c6cc54)cc3)cccc2c1. The van der Waals surface area contributed by atoms with Crippen molar-refractivity contribution in [1.82, 2.24) is 9.13 Å². The van der Waals surface area contributed by atoms with Gasteiger partial charge in [0.2, 0.25) is 0 Å². The topological polar surface area (TPSA) is 9.86 Å². The van der Waals surface area contributed by atoms with E-state index in [9.17, 15) is 0 Å². The molecule has 0 saturated heterocycles. The van der Waals surface area contributed by atoms with Gasteiger partial charge in [0.1, 0.15) is 0 Å². The van der Waals surface area contributed by atoms with Gasteiger partial charge in [-0.05, 0) is 114 Å². The quantitative estimate of drug-likeness (QED) is 0.160. The fourth-order valence-electron chi connectivity index (χ4n) is 10.1. The highest BCUT2D eigenvalue weighted by atomic mass is 15.0. The van der Waals surface area contributed by atoms with Crippen molar-refractivity contribution in [3.63, 3.8) is 0 Å². The van der Waals surface area contributed by atoms with Crippen LogP contribution >= 0.6 is 0 Å². The van der Waals surface area contributed by atoms with Crippen LogP contribution in [0.15, 0.2) is 206 Å². The second-order valence-corrected chi connectivity index (χ2v) is 15.6. The highest BCUT2D eigenvalue weighted by molar-refractivity contribution is 6.27. The monoisotopic (exact) mass is 734 g/mol. The Morgan fingerprint density at radius 3 is 1.52 bits per heavy atom. The van der Waals surface area contributed by atoms with Crippen molar-refractivity contribution < 1.29 is 0 Å². The summed E-state index contributed by atoms with van der Waals surface area (Å²) in [6, 6.07) is 76.4. The van der Waals surface area contributed by atoms with Gasteiger partial charge in [-0.2, -0.15) is 0 Å². The molecule has 2 heterocycles. The normalized spacial score (nSPS) is 12.1. The van der Waals surface area contributed by atoms with Crippen LogP contribution in [-0.4, -0.2) is 9.13 Å². The number of aromatic nitrogens is 2. The molecule has 2 heteroatoms. The fourth-order valence-corrected chi connectivity index (χ4v) is 10.1. The van der Waals surface area contributed by atoms with Crippen LogP contribution in [0.4, 0.5) is 0 Å². The molecule has 0 aliphatic rings. The minimum atomic E-state index is 1.15. The Morgan fingerprint density at radius 1 is 0.241 bits per heavy atom. The first-order valence-corrected chi connectivity index (χ1v) is 20.1. The zero-order valence-corrected chi connectivity index (χ0v) is 31.5. The first kappa shape index (κ1) is 31.5. The Hall–Kier alpha value is -7.68. The van der Waals surface area contributed by atoms with Crippen LogP contribution in [0.2, 0.25) is 0 Å². The molecule has 0 spiro atoms. The van der Waals surface area contributed by atoms with Gasteiger partial charge in [-0.3, -0.25) is 0 Å². The van der Waals surface area contributed by atoms with E-state index in [0.29, 0.717) is 0 Å². The van der Waals surface area contributed by atoms with E-state index in [1.165, 1.54) is 109 Å². The maximum Gasteiger partial charge on any atom is 0.0562 e. The summed E-state index contributed by atoms with van der Waals surface area (Å²) in [5.41, 5.74) is 9.57. The lowest BCUT2D eigenvalue weighted by atomic mass is 9.94. The molecule has 0 bridgehead atoms. The molecule has 0 aliphatic carbocycles. The van der Waals surface area contributed by atoms with E-state index < -0.39 is 0 Å². The van der Waals surface area contributed by atoms with Gasteiger partial charge in [-0.15, -0.1) is 0 Å². The van der Waals surface area contributed by atoms with Crippen molar-refractivity contribution in [2.75, 3.05) is 0 Å². The zero-order valence-electron chi connectivity index (χ0n) is 31.5. The molecule has 2 nitrogen and oxygen atoms in total. The van der Waals surface area contributed by atoms with Gasteiger partial charge in [0, 0.05) is 32.9 Å². The van der Waals surface area contributed by atoms with Crippen LogP contribution in [0.1, 0.15) is 0 Å². The molecule has 13 aromatic rings. The lowest BCUT2D eigenvalue weighted by molar-refractivity contribution is 1.17. The predicted octanol–water partition coefficient (Wildman–Crippen LogP) is 15.3. The Bertz CT molecular complexity index is 3800. The number of fused-ring (bicyclic) bond motifs is 15. The molecule has 0 aliphatic heterocycles. The highest BCUT2D eigenvalue weighted by Crippen LogP contribution is 2.43. The maximum absolute atomic E-state index is 2.51. The van der Waals surface area contributed by atoms with Gasteiger partial charge in [0.05, 0.1) is 22.1 Å². The molecular formula is C56H34N2. The van der Waals surface area contributed by atoms with Crippen molar-refractivity contribution in [3.05, 3.63) is 206 Å². The second-order valence-electron chi connectivity index (χ2n) is 15.6. The molecule has 0 unspecified atom stereocenters. The summed E-state index contributed by atoms with van der Waals surface area (Å²) in [5.74, 6) is 0. The Labute approximate surface area is 334 Å². The molecule has 2 aromatic heterocycles. The van der Waals surface area contributed by atoms with E-state index in [-0.39, 0.29) is 0 Å². The Kier molecular flexibility index (Phi) is 6.47. The van der Waals surface area contributed by atoms with Gasteiger partial charge in [0.15, 0.2) is 0 Å². The number of nitrogens with zero attached hydrogens (tertiary/aromatic N) is 2. The summed E-state index contributed by atoms with van der Waals surface area (Å²) in [6.45, 7) is 0. The van der Waals surface area contributed by atoms with Gasteiger partial charge >= 0.3 is 0 Å².